The molecule has 1 saturated carbocycles. The molecule has 7 nitrogen and oxygen atoms in total. The summed E-state index contributed by atoms with van der Waals surface area (Å²) >= 11 is 1.30. The van der Waals surface area contributed by atoms with E-state index in [4.69, 9.17) is 10.3 Å². The molecule has 0 aliphatic heterocycles. The first-order valence-corrected chi connectivity index (χ1v) is 9.17. The minimum atomic E-state index is 0.0992. The summed E-state index contributed by atoms with van der Waals surface area (Å²) in [5, 5.41) is 8.57. The van der Waals surface area contributed by atoms with Crippen molar-refractivity contribution in [2.24, 2.45) is 5.92 Å². The molecule has 2 heterocycles. The van der Waals surface area contributed by atoms with E-state index in [2.05, 4.69) is 17.1 Å². The lowest BCUT2D eigenvalue weighted by Gasteiger charge is -2.33. The van der Waals surface area contributed by atoms with Crippen LogP contribution in [-0.2, 0) is 4.79 Å². The van der Waals surface area contributed by atoms with E-state index in [1.807, 2.05) is 11.9 Å². The summed E-state index contributed by atoms with van der Waals surface area (Å²) < 4.78 is 6.64. The number of aromatic nitrogens is 3. The summed E-state index contributed by atoms with van der Waals surface area (Å²) in [5.41, 5.74) is 0. The molecule has 0 atom stereocenters. The SMILES string of the molecule is CC1CCC(N(C)C(=O)CSc2nnc(-c3ccco3)n2N)CC1. The van der Waals surface area contributed by atoms with Gasteiger partial charge < -0.3 is 15.2 Å². The lowest BCUT2D eigenvalue weighted by Crippen LogP contribution is -2.40. The average molecular weight is 349 g/mol. The summed E-state index contributed by atoms with van der Waals surface area (Å²) in [4.78, 5) is 14.3. The number of nitrogens with zero attached hydrogens (tertiary/aromatic N) is 4. The molecule has 1 aliphatic rings. The van der Waals surface area contributed by atoms with Crippen LogP contribution in [0.15, 0.2) is 28.0 Å². The maximum atomic E-state index is 12.4. The number of rotatable bonds is 5. The third-order valence-electron chi connectivity index (χ3n) is 4.66. The van der Waals surface area contributed by atoms with Gasteiger partial charge in [0.05, 0.1) is 12.0 Å². The smallest absolute Gasteiger partial charge is 0.233 e. The summed E-state index contributed by atoms with van der Waals surface area (Å²) in [7, 11) is 1.89. The van der Waals surface area contributed by atoms with Crippen LogP contribution < -0.4 is 5.84 Å². The topological polar surface area (TPSA) is 90.2 Å². The Labute approximate surface area is 145 Å². The molecule has 0 unspecified atom stereocenters. The van der Waals surface area contributed by atoms with E-state index < -0.39 is 0 Å². The Morgan fingerprint density at radius 3 is 2.83 bits per heavy atom. The van der Waals surface area contributed by atoms with Crippen LogP contribution in [0.3, 0.4) is 0 Å². The Kier molecular flexibility index (Phi) is 5.13. The van der Waals surface area contributed by atoms with Gasteiger partial charge in [0, 0.05) is 13.1 Å². The third kappa shape index (κ3) is 3.58. The van der Waals surface area contributed by atoms with Gasteiger partial charge in [-0.3, -0.25) is 4.79 Å². The number of carbonyl (C=O) groups is 1. The first-order chi connectivity index (χ1) is 11.6. The second kappa shape index (κ2) is 7.29. The van der Waals surface area contributed by atoms with Crippen molar-refractivity contribution in [3.63, 3.8) is 0 Å². The van der Waals surface area contributed by atoms with Crippen molar-refractivity contribution in [1.82, 2.24) is 19.8 Å². The fraction of sp³-hybridized carbons (Fsp3) is 0.562. The number of nitrogen functional groups attached to an aromatic ring is 1. The molecule has 1 aliphatic carbocycles. The Morgan fingerprint density at radius 2 is 2.17 bits per heavy atom. The summed E-state index contributed by atoms with van der Waals surface area (Å²) in [5.74, 6) is 8.18. The lowest BCUT2D eigenvalue weighted by atomic mass is 9.87. The highest BCUT2D eigenvalue weighted by Gasteiger charge is 2.25. The standard InChI is InChI=1S/C16H23N5O2S/c1-11-5-7-12(8-6-11)20(2)14(22)10-24-16-19-18-15(21(16)17)13-4-3-9-23-13/h3-4,9,11-12H,5-8,10,17H2,1-2H3. The van der Waals surface area contributed by atoms with Crippen LogP contribution in [0, 0.1) is 5.92 Å². The summed E-state index contributed by atoms with van der Waals surface area (Å²) in [6, 6.07) is 3.88. The maximum Gasteiger partial charge on any atom is 0.233 e. The summed E-state index contributed by atoms with van der Waals surface area (Å²) in [6.07, 6.45) is 6.12. The number of thioether (sulfide) groups is 1. The van der Waals surface area contributed by atoms with E-state index in [-0.39, 0.29) is 5.91 Å². The van der Waals surface area contributed by atoms with E-state index in [1.165, 1.54) is 29.3 Å². The van der Waals surface area contributed by atoms with Gasteiger partial charge >= 0.3 is 0 Å². The normalized spacial score (nSPS) is 20.9. The highest BCUT2D eigenvalue weighted by Crippen LogP contribution is 2.27. The Bertz CT molecular complexity index is 677. The van der Waals surface area contributed by atoms with Crippen molar-refractivity contribution in [3.8, 4) is 11.6 Å². The molecule has 24 heavy (non-hydrogen) atoms. The number of amides is 1. The first-order valence-electron chi connectivity index (χ1n) is 8.19. The first kappa shape index (κ1) is 16.9. The fourth-order valence-electron chi connectivity index (χ4n) is 3.01. The fourth-order valence-corrected chi connectivity index (χ4v) is 3.79. The van der Waals surface area contributed by atoms with Gasteiger partial charge in [0.1, 0.15) is 0 Å². The molecule has 3 rings (SSSR count). The van der Waals surface area contributed by atoms with Crippen LogP contribution in [0.5, 0.6) is 0 Å². The minimum absolute atomic E-state index is 0.0992. The highest BCUT2D eigenvalue weighted by molar-refractivity contribution is 7.99. The van der Waals surface area contributed by atoms with E-state index >= 15 is 0 Å². The van der Waals surface area contributed by atoms with Crippen LogP contribution in [0.2, 0.25) is 0 Å². The van der Waals surface area contributed by atoms with Crippen molar-refractivity contribution in [2.45, 2.75) is 43.8 Å². The van der Waals surface area contributed by atoms with Crippen LogP contribution in [0.4, 0.5) is 0 Å². The van der Waals surface area contributed by atoms with Gasteiger partial charge in [0.15, 0.2) is 5.76 Å². The number of hydrogen-bond donors (Lipinski definition) is 1. The van der Waals surface area contributed by atoms with Crippen molar-refractivity contribution >= 4 is 17.7 Å². The predicted molar refractivity (Wildman–Crippen MR) is 92.8 cm³/mol. The van der Waals surface area contributed by atoms with Gasteiger partial charge in [-0.05, 0) is 43.7 Å². The number of nitrogens with two attached hydrogens (primary N) is 1. The molecule has 0 radical (unpaired) electrons. The van der Waals surface area contributed by atoms with Crippen molar-refractivity contribution < 1.29 is 9.21 Å². The molecule has 130 valence electrons. The van der Waals surface area contributed by atoms with Gasteiger partial charge in [-0.25, -0.2) is 4.68 Å². The van der Waals surface area contributed by atoms with Crippen LogP contribution in [0.1, 0.15) is 32.6 Å². The Balaban J connectivity index is 1.56. The Morgan fingerprint density at radius 1 is 1.42 bits per heavy atom. The number of furan rings is 1. The molecule has 1 fully saturated rings. The molecule has 2 aromatic rings. The third-order valence-corrected chi connectivity index (χ3v) is 5.59. The van der Waals surface area contributed by atoms with Gasteiger partial charge in [-0.15, -0.1) is 10.2 Å². The van der Waals surface area contributed by atoms with Crippen molar-refractivity contribution in [2.75, 3.05) is 18.6 Å². The number of hydrogen-bond acceptors (Lipinski definition) is 6. The lowest BCUT2D eigenvalue weighted by molar-refractivity contribution is -0.129. The van der Waals surface area contributed by atoms with Gasteiger partial charge in [-0.1, -0.05) is 18.7 Å². The van der Waals surface area contributed by atoms with Crippen LogP contribution in [0.25, 0.3) is 11.6 Å². The zero-order valence-electron chi connectivity index (χ0n) is 14.0. The molecule has 8 heteroatoms. The molecule has 2 aromatic heterocycles. The molecule has 0 aromatic carbocycles. The highest BCUT2D eigenvalue weighted by atomic mass is 32.2. The van der Waals surface area contributed by atoms with Gasteiger partial charge in [-0.2, -0.15) is 0 Å². The van der Waals surface area contributed by atoms with E-state index in [1.54, 1.807) is 18.4 Å². The predicted octanol–water partition coefficient (Wildman–Crippen LogP) is 2.38. The van der Waals surface area contributed by atoms with Gasteiger partial charge in [0.25, 0.3) is 0 Å². The second-order valence-corrected chi connectivity index (χ2v) is 7.30. The minimum Gasteiger partial charge on any atom is -0.461 e. The zero-order valence-corrected chi connectivity index (χ0v) is 14.8. The second-order valence-electron chi connectivity index (χ2n) is 6.36. The van der Waals surface area contributed by atoms with Crippen LogP contribution >= 0.6 is 11.8 Å². The molecular weight excluding hydrogens is 326 g/mol. The molecule has 0 bridgehead atoms. The van der Waals surface area contributed by atoms with Crippen molar-refractivity contribution in [3.05, 3.63) is 18.4 Å². The van der Waals surface area contributed by atoms with E-state index in [0.717, 1.165) is 18.8 Å². The van der Waals surface area contributed by atoms with Gasteiger partial charge in [0.2, 0.25) is 16.9 Å². The quantitative estimate of drug-likeness (QED) is 0.658. The van der Waals surface area contributed by atoms with E-state index in [9.17, 15) is 4.79 Å². The molecular formula is C16H23N5O2S. The molecule has 0 saturated heterocycles. The maximum absolute atomic E-state index is 12.4. The summed E-state index contributed by atoms with van der Waals surface area (Å²) in [6.45, 7) is 2.28. The zero-order chi connectivity index (χ0) is 17.1. The monoisotopic (exact) mass is 349 g/mol. The largest absolute Gasteiger partial charge is 0.461 e. The molecule has 2 N–H and O–H groups in total. The number of carbonyl (C=O) groups excluding carboxylic acids is 1. The molecule has 1 amide bonds. The average Bonchev–Trinajstić information content (AvgIpc) is 3.22. The van der Waals surface area contributed by atoms with E-state index in [0.29, 0.717) is 28.5 Å². The molecule has 0 spiro atoms. The van der Waals surface area contributed by atoms with Crippen LogP contribution in [-0.4, -0.2) is 44.5 Å². The van der Waals surface area contributed by atoms with Crippen molar-refractivity contribution in [1.29, 1.82) is 0 Å². The Hall–Kier alpha value is -1.96.